The fourth-order valence-electron chi connectivity index (χ4n) is 3.10. The molecular weight excluding hydrogens is 394 g/mol. The normalized spacial score (nSPS) is 16.8. The van der Waals surface area contributed by atoms with Gasteiger partial charge in [0.15, 0.2) is 9.84 Å². The first-order chi connectivity index (χ1) is 13.8. The third-order valence-corrected chi connectivity index (χ3v) is 7.00. The van der Waals surface area contributed by atoms with Crippen LogP contribution in [-0.4, -0.2) is 60.7 Å². The molecule has 2 heterocycles. The summed E-state index contributed by atoms with van der Waals surface area (Å²) >= 11 is 0. The van der Waals surface area contributed by atoms with Crippen molar-refractivity contribution in [3.05, 3.63) is 42.2 Å². The molecule has 0 radical (unpaired) electrons. The molecule has 1 aliphatic heterocycles. The lowest BCUT2D eigenvalue weighted by molar-refractivity contribution is -0.129. The van der Waals surface area contributed by atoms with Crippen LogP contribution in [0.15, 0.2) is 41.6 Å². The number of methoxy groups -OCH3 is 1. The smallest absolute Gasteiger partial charge is 0.278 e. The molecule has 0 saturated carbocycles. The van der Waals surface area contributed by atoms with Crippen molar-refractivity contribution in [2.45, 2.75) is 42.9 Å². The van der Waals surface area contributed by atoms with Crippen molar-refractivity contribution in [3.8, 4) is 11.8 Å². The fraction of sp³-hybridized carbons (Fsp3) is 0.450. The van der Waals surface area contributed by atoms with Crippen LogP contribution in [0.25, 0.3) is 0 Å². The van der Waals surface area contributed by atoms with Crippen LogP contribution in [0.2, 0.25) is 0 Å². The highest BCUT2D eigenvalue weighted by molar-refractivity contribution is 7.92. The second kappa shape index (κ2) is 8.77. The number of ether oxygens (including phenoxy) is 2. The van der Waals surface area contributed by atoms with Crippen LogP contribution >= 0.6 is 0 Å². The van der Waals surface area contributed by atoms with E-state index < -0.39 is 15.1 Å². The van der Waals surface area contributed by atoms with E-state index in [1.165, 1.54) is 19.5 Å². The number of likely N-dealkylation sites (tertiary alicyclic amines) is 1. The Labute approximate surface area is 170 Å². The quantitative estimate of drug-likeness (QED) is 0.676. The van der Waals surface area contributed by atoms with Gasteiger partial charge in [-0.15, -0.1) is 0 Å². The average molecular weight is 420 g/mol. The van der Waals surface area contributed by atoms with Gasteiger partial charge in [0.2, 0.25) is 5.91 Å². The lowest BCUT2D eigenvalue weighted by atomic mass is 10.1. The lowest BCUT2D eigenvalue weighted by Gasteiger charge is -2.17. The zero-order valence-corrected chi connectivity index (χ0v) is 17.6. The molecule has 2 aromatic rings. The molecule has 1 saturated heterocycles. The van der Waals surface area contributed by atoms with Crippen molar-refractivity contribution < 1.29 is 22.7 Å². The van der Waals surface area contributed by atoms with Crippen molar-refractivity contribution >= 4 is 15.7 Å². The third kappa shape index (κ3) is 4.84. The van der Waals surface area contributed by atoms with Gasteiger partial charge in [0.25, 0.3) is 11.8 Å². The van der Waals surface area contributed by atoms with Gasteiger partial charge >= 0.3 is 0 Å². The third-order valence-electron chi connectivity index (χ3n) is 4.83. The molecule has 1 amide bonds. The Hall–Kier alpha value is -2.68. The zero-order valence-electron chi connectivity index (χ0n) is 16.7. The minimum absolute atomic E-state index is 0.0262. The summed E-state index contributed by atoms with van der Waals surface area (Å²) < 4.78 is 35.4. The van der Waals surface area contributed by atoms with E-state index in [9.17, 15) is 13.2 Å². The molecule has 0 aliphatic carbocycles. The van der Waals surface area contributed by atoms with Crippen molar-refractivity contribution in [1.82, 2.24) is 14.9 Å². The highest BCUT2D eigenvalue weighted by Gasteiger charge is 2.29. The van der Waals surface area contributed by atoms with Gasteiger partial charge in [-0.1, -0.05) is 12.1 Å². The second-order valence-corrected chi connectivity index (χ2v) is 9.66. The van der Waals surface area contributed by atoms with E-state index in [-0.39, 0.29) is 23.3 Å². The Morgan fingerprint density at radius 2 is 1.83 bits per heavy atom. The van der Waals surface area contributed by atoms with Crippen molar-refractivity contribution in [3.63, 3.8) is 0 Å². The lowest BCUT2D eigenvalue weighted by Crippen LogP contribution is -2.32. The Morgan fingerprint density at radius 1 is 1.17 bits per heavy atom. The SMILES string of the molecule is COc1nccnc1OC1CCN(C(=O)Cc2ccc(S(=O)(=O)C(C)C)cc2)C1. The van der Waals surface area contributed by atoms with Crippen molar-refractivity contribution in [1.29, 1.82) is 0 Å². The molecule has 0 bridgehead atoms. The monoisotopic (exact) mass is 419 g/mol. The maximum Gasteiger partial charge on any atom is 0.278 e. The number of carbonyl (C=O) groups is 1. The van der Waals surface area contributed by atoms with Crippen LogP contribution in [0.1, 0.15) is 25.8 Å². The van der Waals surface area contributed by atoms with Gasteiger partial charge < -0.3 is 14.4 Å². The van der Waals surface area contributed by atoms with Gasteiger partial charge in [0, 0.05) is 25.4 Å². The molecule has 3 rings (SSSR count). The highest BCUT2D eigenvalue weighted by atomic mass is 32.2. The molecule has 0 spiro atoms. The van der Waals surface area contributed by atoms with Crippen LogP contribution in [0, 0.1) is 0 Å². The molecule has 1 atom stereocenters. The Morgan fingerprint density at radius 3 is 2.45 bits per heavy atom. The van der Waals surface area contributed by atoms with Crippen LogP contribution in [0.3, 0.4) is 0 Å². The Bertz CT molecular complexity index is 960. The summed E-state index contributed by atoms with van der Waals surface area (Å²) in [4.78, 5) is 22.8. The fourth-order valence-corrected chi connectivity index (χ4v) is 4.16. The first-order valence-electron chi connectivity index (χ1n) is 9.43. The molecule has 1 aromatic heterocycles. The molecular formula is C20H25N3O5S. The molecule has 1 aliphatic rings. The minimum Gasteiger partial charge on any atom is -0.477 e. The molecule has 1 aromatic carbocycles. The van der Waals surface area contributed by atoms with E-state index >= 15 is 0 Å². The van der Waals surface area contributed by atoms with Crippen LogP contribution in [-0.2, 0) is 21.1 Å². The molecule has 29 heavy (non-hydrogen) atoms. The standard InChI is InChI=1S/C20H25N3O5S/c1-14(2)29(25,26)17-6-4-15(5-7-17)12-18(24)23-11-8-16(13-23)28-20-19(27-3)21-9-10-22-20/h4-7,9-10,14,16H,8,11-13H2,1-3H3. The molecule has 0 N–H and O–H groups in total. The molecule has 156 valence electrons. The van der Waals surface area contributed by atoms with Gasteiger partial charge in [-0.05, 0) is 31.5 Å². The van der Waals surface area contributed by atoms with Crippen LogP contribution in [0.4, 0.5) is 0 Å². The molecule has 1 fully saturated rings. The predicted octanol–water partition coefficient (Wildman–Crippen LogP) is 1.89. The van der Waals surface area contributed by atoms with E-state index in [0.717, 1.165) is 5.56 Å². The van der Waals surface area contributed by atoms with E-state index in [2.05, 4.69) is 9.97 Å². The van der Waals surface area contributed by atoms with Crippen molar-refractivity contribution in [2.24, 2.45) is 0 Å². The predicted molar refractivity (Wildman–Crippen MR) is 107 cm³/mol. The number of rotatable bonds is 7. The number of nitrogens with zero attached hydrogens (tertiary/aromatic N) is 3. The first kappa shape index (κ1) is 21.0. The van der Waals surface area contributed by atoms with E-state index in [0.29, 0.717) is 31.3 Å². The first-order valence-corrected chi connectivity index (χ1v) is 11.0. The van der Waals surface area contributed by atoms with E-state index in [1.54, 1.807) is 43.0 Å². The number of hydrogen-bond donors (Lipinski definition) is 0. The summed E-state index contributed by atoms with van der Waals surface area (Å²) in [6, 6.07) is 6.52. The summed E-state index contributed by atoms with van der Waals surface area (Å²) in [6.07, 6.45) is 3.77. The second-order valence-electron chi connectivity index (χ2n) is 7.15. The summed E-state index contributed by atoms with van der Waals surface area (Å²) in [7, 11) is -1.81. The number of aromatic nitrogens is 2. The van der Waals surface area contributed by atoms with Crippen LogP contribution in [0.5, 0.6) is 11.8 Å². The number of carbonyl (C=O) groups excluding carboxylic acids is 1. The van der Waals surface area contributed by atoms with Gasteiger partial charge in [0.1, 0.15) is 6.10 Å². The average Bonchev–Trinajstić information content (AvgIpc) is 3.17. The van der Waals surface area contributed by atoms with Crippen molar-refractivity contribution in [2.75, 3.05) is 20.2 Å². The van der Waals surface area contributed by atoms with E-state index in [1.807, 2.05) is 0 Å². The number of benzene rings is 1. The number of amides is 1. The Balaban J connectivity index is 1.58. The number of hydrogen-bond acceptors (Lipinski definition) is 7. The number of sulfone groups is 1. The maximum atomic E-state index is 12.6. The highest BCUT2D eigenvalue weighted by Crippen LogP contribution is 2.24. The van der Waals surface area contributed by atoms with Gasteiger partial charge in [-0.3, -0.25) is 4.79 Å². The van der Waals surface area contributed by atoms with Crippen LogP contribution < -0.4 is 9.47 Å². The van der Waals surface area contributed by atoms with Gasteiger partial charge in [0.05, 0.1) is 30.2 Å². The molecule has 8 nitrogen and oxygen atoms in total. The largest absolute Gasteiger partial charge is 0.477 e. The zero-order chi connectivity index (χ0) is 21.0. The summed E-state index contributed by atoms with van der Waals surface area (Å²) in [5.41, 5.74) is 0.776. The maximum absolute atomic E-state index is 12.6. The summed E-state index contributed by atoms with van der Waals surface area (Å²) in [5.74, 6) is 0.603. The van der Waals surface area contributed by atoms with Gasteiger partial charge in [-0.25, -0.2) is 18.4 Å². The topological polar surface area (TPSA) is 98.7 Å². The Kier molecular flexibility index (Phi) is 6.36. The molecule has 1 unspecified atom stereocenters. The van der Waals surface area contributed by atoms with Gasteiger partial charge in [-0.2, -0.15) is 0 Å². The van der Waals surface area contributed by atoms with E-state index in [4.69, 9.17) is 9.47 Å². The molecule has 9 heteroatoms. The minimum atomic E-state index is -3.31. The summed E-state index contributed by atoms with van der Waals surface area (Å²) in [5, 5.41) is -0.482. The summed E-state index contributed by atoms with van der Waals surface area (Å²) in [6.45, 7) is 4.34.